The van der Waals surface area contributed by atoms with Crippen molar-refractivity contribution in [3.63, 3.8) is 0 Å². The van der Waals surface area contributed by atoms with Crippen LogP contribution in [0.5, 0.6) is 0 Å². The largest absolute Gasteiger partial charge is 0.477 e. The fraction of sp³-hybridized carbons (Fsp3) is 0.308. The van der Waals surface area contributed by atoms with Crippen LogP contribution >= 0.6 is 0 Å². The number of rotatable bonds is 8. The molecular weight excluding hydrogens is 430 g/mol. The van der Waals surface area contributed by atoms with Gasteiger partial charge in [0.1, 0.15) is 5.82 Å². The highest BCUT2D eigenvalue weighted by Gasteiger charge is 2.29. The van der Waals surface area contributed by atoms with E-state index in [1.165, 1.54) is 6.42 Å². The van der Waals surface area contributed by atoms with Gasteiger partial charge in [0.2, 0.25) is 0 Å². The lowest BCUT2D eigenvalue weighted by atomic mass is 9.81. The molecule has 1 aliphatic carbocycles. The van der Waals surface area contributed by atoms with Gasteiger partial charge in [-0.05, 0) is 48.7 Å². The maximum absolute atomic E-state index is 12.0. The van der Waals surface area contributed by atoms with E-state index in [-0.39, 0.29) is 5.69 Å². The van der Waals surface area contributed by atoms with E-state index >= 15 is 0 Å². The van der Waals surface area contributed by atoms with E-state index < -0.39 is 5.97 Å². The Kier molecular flexibility index (Phi) is 5.98. The first-order valence-electron chi connectivity index (χ1n) is 11.5. The lowest BCUT2D eigenvalue weighted by molar-refractivity contribution is 0.0691. The molecule has 3 heterocycles. The number of likely N-dealkylation sites (N-methyl/N-ethyl adjacent to an activating group) is 1. The molecule has 8 nitrogen and oxygen atoms in total. The van der Waals surface area contributed by atoms with Gasteiger partial charge in [-0.1, -0.05) is 24.6 Å². The van der Waals surface area contributed by atoms with E-state index in [0.717, 1.165) is 53.1 Å². The van der Waals surface area contributed by atoms with E-state index in [1.54, 1.807) is 24.1 Å². The number of nitrogens with zero attached hydrogens (tertiary/aromatic N) is 5. The number of methoxy groups -OCH3 is 1. The third-order valence-corrected chi connectivity index (χ3v) is 6.46. The molecule has 0 aliphatic heterocycles. The van der Waals surface area contributed by atoms with Gasteiger partial charge in [0, 0.05) is 38.4 Å². The summed E-state index contributed by atoms with van der Waals surface area (Å²) in [6.07, 6.45) is 5.11. The van der Waals surface area contributed by atoms with Gasteiger partial charge in [0.05, 0.1) is 23.4 Å². The van der Waals surface area contributed by atoms with Crippen LogP contribution in [0, 0.1) is 0 Å². The molecule has 0 bridgehead atoms. The van der Waals surface area contributed by atoms with Crippen LogP contribution in [0.3, 0.4) is 0 Å². The summed E-state index contributed by atoms with van der Waals surface area (Å²) in [5, 5.41) is 15.7. The average molecular weight is 458 g/mol. The molecule has 0 radical (unpaired) electrons. The fourth-order valence-corrected chi connectivity index (χ4v) is 4.31. The first kappa shape index (κ1) is 22.0. The van der Waals surface area contributed by atoms with Crippen LogP contribution in [0.2, 0.25) is 0 Å². The molecule has 1 saturated carbocycles. The van der Waals surface area contributed by atoms with Crippen LogP contribution < -0.4 is 4.90 Å². The number of carbonyl (C=O) groups is 1. The Hall–Kier alpha value is -3.78. The molecule has 4 aromatic rings. The Morgan fingerprint density at radius 3 is 2.62 bits per heavy atom. The van der Waals surface area contributed by atoms with Crippen LogP contribution in [0.25, 0.3) is 27.8 Å². The Labute approximate surface area is 197 Å². The van der Waals surface area contributed by atoms with Crippen molar-refractivity contribution in [1.29, 1.82) is 0 Å². The van der Waals surface area contributed by atoms with Crippen molar-refractivity contribution in [2.45, 2.75) is 25.2 Å². The third-order valence-electron chi connectivity index (χ3n) is 6.46. The molecule has 0 unspecified atom stereocenters. The first-order valence-corrected chi connectivity index (χ1v) is 11.5. The Balaban J connectivity index is 1.69. The molecule has 0 atom stereocenters. The minimum Gasteiger partial charge on any atom is -0.477 e. The maximum atomic E-state index is 12.0. The summed E-state index contributed by atoms with van der Waals surface area (Å²) in [4.78, 5) is 23.2. The fourth-order valence-electron chi connectivity index (χ4n) is 4.31. The van der Waals surface area contributed by atoms with Crippen molar-refractivity contribution in [3.8, 4) is 16.8 Å². The molecule has 0 saturated heterocycles. The third kappa shape index (κ3) is 4.01. The maximum Gasteiger partial charge on any atom is 0.354 e. The zero-order valence-corrected chi connectivity index (χ0v) is 19.3. The van der Waals surface area contributed by atoms with Crippen molar-refractivity contribution in [3.05, 3.63) is 66.1 Å². The Morgan fingerprint density at radius 2 is 2.00 bits per heavy atom. The van der Waals surface area contributed by atoms with Crippen molar-refractivity contribution in [2.24, 2.45) is 0 Å². The van der Waals surface area contributed by atoms with Gasteiger partial charge in [-0.25, -0.2) is 19.4 Å². The SMILES string of the molecule is COCCN(C)c1ccc(-c2cc(C(=O)O)nc3c2c(C2CCC2)nn3-c2ccccc2)cn1. The molecule has 1 N–H and O–H groups in total. The minimum atomic E-state index is -1.07. The molecule has 1 aliphatic rings. The number of ether oxygens (including phenoxy) is 1. The standard InChI is InChI=1S/C26H27N5O3/c1-30(13-14-34-2)22-12-11-18(16-27-22)20-15-21(26(32)33)28-25-23(20)24(17-7-6-8-17)29-31(25)19-9-4-3-5-10-19/h3-5,9-12,15-17H,6-8,13-14H2,1-2H3,(H,32,33). The summed E-state index contributed by atoms with van der Waals surface area (Å²) in [5.41, 5.74) is 4.01. The number of hydrogen-bond donors (Lipinski definition) is 1. The number of hydrogen-bond acceptors (Lipinski definition) is 6. The van der Waals surface area contributed by atoms with Gasteiger partial charge in [-0.3, -0.25) is 0 Å². The summed E-state index contributed by atoms with van der Waals surface area (Å²) >= 11 is 0. The van der Waals surface area contributed by atoms with Crippen molar-refractivity contribution in [1.82, 2.24) is 19.7 Å². The van der Waals surface area contributed by atoms with Gasteiger partial charge in [0.25, 0.3) is 0 Å². The summed E-state index contributed by atoms with van der Waals surface area (Å²) in [5.74, 6) is 0.0953. The average Bonchev–Trinajstić information content (AvgIpc) is 3.20. The predicted molar refractivity (Wildman–Crippen MR) is 131 cm³/mol. The van der Waals surface area contributed by atoms with Gasteiger partial charge in [0.15, 0.2) is 11.3 Å². The summed E-state index contributed by atoms with van der Waals surface area (Å²) < 4.78 is 6.94. The minimum absolute atomic E-state index is 0.0129. The van der Waals surface area contributed by atoms with Crippen molar-refractivity contribution < 1.29 is 14.6 Å². The van der Waals surface area contributed by atoms with Gasteiger partial charge < -0.3 is 14.7 Å². The van der Waals surface area contributed by atoms with Crippen LogP contribution in [0.15, 0.2) is 54.7 Å². The molecule has 0 spiro atoms. The molecule has 1 fully saturated rings. The van der Waals surface area contributed by atoms with Gasteiger partial charge in [-0.15, -0.1) is 0 Å². The lowest BCUT2D eigenvalue weighted by Gasteiger charge is -2.24. The van der Waals surface area contributed by atoms with E-state index in [4.69, 9.17) is 9.84 Å². The number of benzene rings is 1. The number of anilines is 1. The molecule has 8 heteroatoms. The number of pyridine rings is 2. The topological polar surface area (TPSA) is 93.4 Å². The summed E-state index contributed by atoms with van der Waals surface area (Å²) in [7, 11) is 3.64. The monoisotopic (exact) mass is 457 g/mol. The number of fused-ring (bicyclic) bond motifs is 1. The van der Waals surface area contributed by atoms with Crippen LogP contribution in [-0.2, 0) is 4.74 Å². The second-order valence-corrected chi connectivity index (χ2v) is 8.64. The lowest BCUT2D eigenvalue weighted by Crippen LogP contribution is -2.22. The van der Waals surface area contributed by atoms with Crippen molar-refractivity contribution >= 4 is 22.8 Å². The Morgan fingerprint density at radius 1 is 1.21 bits per heavy atom. The van der Waals surface area contributed by atoms with Crippen LogP contribution in [0.4, 0.5) is 5.82 Å². The summed E-state index contributed by atoms with van der Waals surface area (Å²) in [6.45, 7) is 1.33. The molecule has 1 aromatic carbocycles. The van der Waals surface area contributed by atoms with E-state index in [1.807, 2.05) is 54.4 Å². The number of aromatic carboxylic acids is 1. The van der Waals surface area contributed by atoms with Crippen LogP contribution in [-0.4, -0.2) is 58.1 Å². The van der Waals surface area contributed by atoms with Crippen LogP contribution in [0.1, 0.15) is 41.4 Å². The molecule has 34 heavy (non-hydrogen) atoms. The second-order valence-electron chi connectivity index (χ2n) is 8.64. The van der Waals surface area contributed by atoms with E-state index in [2.05, 4.69) is 9.97 Å². The highest BCUT2D eigenvalue weighted by Crippen LogP contribution is 2.42. The van der Waals surface area contributed by atoms with E-state index in [0.29, 0.717) is 18.2 Å². The molecule has 3 aromatic heterocycles. The zero-order chi connectivity index (χ0) is 23.7. The Bertz CT molecular complexity index is 1310. The number of para-hydroxylation sites is 1. The normalized spacial score (nSPS) is 13.7. The van der Waals surface area contributed by atoms with E-state index in [9.17, 15) is 9.90 Å². The number of carboxylic acids is 1. The number of aromatic nitrogens is 4. The molecular formula is C26H27N5O3. The molecule has 5 rings (SSSR count). The highest BCUT2D eigenvalue weighted by atomic mass is 16.5. The zero-order valence-electron chi connectivity index (χ0n) is 19.3. The predicted octanol–water partition coefficient (Wildman–Crippen LogP) is 4.53. The van der Waals surface area contributed by atoms with Crippen molar-refractivity contribution in [2.75, 3.05) is 32.2 Å². The number of carboxylic acid groups (broad SMARTS) is 1. The summed E-state index contributed by atoms with van der Waals surface area (Å²) in [6, 6.07) is 15.3. The van der Waals surface area contributed by atoms with Gasteiger partial charge in [-0.2, -0.15) is 5.10 Å². The quantitative estimate of drug-likeness (QED) is 0.415. The molecule has 0 amide bonds. The first-order chi connectivity index (χ1) is 16.6. The smallest absolute Gasteiger partial charge is 0.354 e. The van der Waals surface area contributed by atoms with Gasteiger partial charge >= 0.3 is 5.97 Å². The highest BCUT2D eigenvalue weighted by molar-refractivity contribution is 6.00. The second kappa shape index (κ2) is 9.23. The molecule has 174 valence electrons.